The number of aryl methyl sites for hydroxylation is 2. The van der Waals surface area contributed by atoms with E-state index in [9.17, 15) is 5.53 Å². The highest BCUT2D eigenvalue weighted by molar-refractivity contribution is 5.83. The molecule has 0 atom stereocenters. The first-order valence-electron chi connectivity index (χ1n) is 23.4. The summed E-state index contributed by atoms with van der Waals surface area (Å²) in [4.78, 5) is 0. The van der Waals surface area contributed by atoms with Gasteiger partial charge in [0.1, 0.15) is 0 Å². The fourth-order valence-electron chi connectivity index (χ4n) is 8.36. The van der Waals surface area contributed by atoms with Gasteiger partial charge < -0.3 is 5.53 Å². The van der Waals surface area contributed by atoms with Crippen molar-refractivity contribution in [1.29, 1.82) is 0 Å². The van der Waals surface area contributed by atoms with Crippen molar-refractivity contribution in [3.05, 3.63) is 99.6 Å². The molecule has 2 nitrogen and oxygen atoms in total. The second kappa shape index (κ2) is 29.5. The standard InChI is InChI=1S/C52H82N2/c1-5-9-13-15-16-17-18-19-20-21-22-23-24-25-26-27-28-29-30-32-38-46-39-33-34-43-48(46)52-50(42-12-8-4)49(41-11-7-3)51(54(52)53)47-40-35-37-45(44-47)36-31-14-10-6-2/h29-30,33-35,37,39-40,43-44H,5-28,31-32,36,38,41-42H2,1-4H3. The fraction of sp³-hybridized carbons (Fsp3) is 0.654. The second-order valence-electron chi connectivity index (χ2n) is 16.4. The quantitative estimate of drug-likeness (QED) is 0.0396. The molecule has 0 saturated heterocycles. The van der Waals surface area contributed by atoms with Gasteiger partial charge in [-0.05, 0) is 93.5 Å². The molecule has 2 heteroatoms. The third-order valence-corrected chi connectivity index (χ3v) is 11.7. The Balaban J connectivity index is 1.51. The van der Waals surface area contributed by atoms with Gasteiger partial charge in [0.15, 0.2) is 0 Å². The normalized spacial score (nSPS) is 13.4. The molecule has 0 amide bonds. The van der Waals surface area contributed by atoms with E-state index in [4.69, 9.17) is 0 Å². The lowest BCUT2D eigenvalue weighted by Crippen LogP contribution is -2.05. The van der Waals surface area contributed by atoms with Gasteiger partial charge in [0.25, 0.3) is 0 Å². The van der Waals surface area contributed by atoms with Gasteiger partial charge in [-0.25, -0.2) is 4.70 Å². The van der Waals surface area contributed by atoms with Crippen molar-refractivity contribution in [1.82, 2.24) is 0 Å². The Bertz CT molecular complexity index is 1390. The highest BCUT2D eigenvalue weighted by Crippen LogP contribution is 2.45. The van der Waals surface area contributed by atoms with E-state index in [0.717, 1.165) is 74.7 Å². The maximum atomic E-state index is 12.2. The molecule has 1 aliphatic rings. The number of nitrogens with zero attached hydrogens (tertiary/aromatic N) is 2. The molecule has 300 valence electrons. The number of benzene rings is 2. The summed E-state index contributed by atoms with van der Waals surface area (Å²) in [5.41, 5.74) is 22.1. The summed E-state index contributed by atoms with van der Waals surface area (Å²) in [5, 5.41) is 0. The zero-order valence-corrected chi connectivity index (χ0v) is 35.9. The van der Waals surface area contributed by atoms with Gasteiger partial charge in [0.05, 0.1) is 0 Å². The van der Waals surface area contributed by atoms with E-state index in [-0.39, 0.29) is 0 Å². The molecule has 0 aromatic heterocycles. The largest absolute Gasteiger partial charge is 0.493 e. The van der Waals surface area contributed by atoms with Crippen LogP contribution in [0.4, 0.5) is 0 Å². The van der Waals surface area contributed by atoms with E-state index < -0.39 is 0 Å². The molecule has 2 aromatic carbocycles. The molecule has 1 heterocycles. The highest BCUT2D eigenvalue weighted by atomic mass is 15.2. The van der Waals surface area contributed by atoms with E-state index >= 15 is 0 Å². The number of rotatable bonds is 33. The molecular formula is C52H82N2. The van der Waals surface area contributed by atoms with Crippen molar-refractivity contribution in [3.8, 4) is 0 Å². The molecule has 2 aromatic rings. The summed E-state index contributed by atoms with van der Waals surface area (Å²) in [6.45, 7) is 9.14. The Kier molecular flexibility index (Phi) is 25.0. The van der Waals surface area contributed by atoms with Crippen LogP contribution in [-0.4, -0.2) is 4.70 Å². The van der Waals surface area contributed by atoms with Crippen LogP contribution in [0.15, 0.2) is 71.8 Å². The monoisotopic (exact) mass is 735 g/mol. The summed E-state index contributed by atoms with van der Waals surface area (Å²) in [6.07, 6.45) is 43.6. The lowest BCUT2D eigenvalue weighted by atomic mass is 9.90. The van der Waals surface area contributed by atoms with Crippen LogP contribution in [0, 0.1) is 0 Å². The van der Waals surface area contributed by atoms with Gasteiger partial charge in [0, 0.05) is 22.3 Å². The number of hydrogen-bond acceptors (Lipinski definition) is 0. The predicted molar refractivity (Wildman–Crippen MR) is 239 cm³/mol. The Morgan fingerprint density at radius 1 is 0.444 bits per heavy atom. The van der Waals surface area contributed by atoms with Crippen LogP contribution < -0.4 is 0 Å². The van der Waals surface area contributed by atoms with Gasteiger partial charge in [-0.1, -0.05) is 199 Å². The van der Waals surface area contributed by atoms with E-state index in [1.807, 2.05) is 0 Å². The number of allylic oxidation sites excluding steroid dienone is 4. The third kappa shape index (κ3) is 17.0. The SMILES string of the molecule is CCCCCCCCCCCCCCCCCCC=CCCc1ccccc1C1=C(CCCC)C(CCCC)=C(c2cccc(CCCCCC)c2)[N+]1=[N-]. The van der Waals surface area contributed by atoms with Crippen LogP contribution in [0.25, 0.3) is 16.9 Å². The smallest absolute Gasteiger partial charge is 0.211 e. The van der Waals surface area contributed by atoms with E-state index in [0.29, 0.717) is 0 Å². The van der Waals surface area contributed by atoms with Crippen molar-refractivity contribution < 1.29 is 4.70 Å². The third-order valence-electron chi connectivity index (χ3n) is 11.7. The summed E-state index contributed by atoms with van der Waals surface area (Å²) < 4.78 is 1.60. The lowest BCUT2D eigenvalue weighted by molar-refractivity contribution is -0.345. The minimum Gasteiger partial charge on any atom is -0.493 e. The van der Waals surface area contributed by atoms with Gasteiger partial charge >= 0.3 is 0 Å². The molecular weight excluding hydrogens is 653 g/mol. The van der Waals surface area contributed by atoms with Crippen molar-refractivity contribution in [3.63, 3.8) is 0 Å². The summed E-state index contributed by atoms with van der Waals surface area (Å²) >= 11 is 0. The first-order chi connectivity index (χ1) is 26.7. The molecule has 3 rings (SSSR count). The Labute approximate surface area is 334 Å². The number of hydrogen-bond donors (Lipinski definition) is 0. The Hall–Kier alpha value is -2.74. The van der Waals surface area contributed by atoms with Crippen LogP contribution in [0.1, 0.15) is 230 Å². The molecule has 0 fully saturated rings. The zero-order chi connectivity index (χ0) is 38.5. The van der Waals surface area contributed by atoms with Gasteiger partial charge in [-0.2, -0.15) is 0 Å². The van der Waals surface area contributed by atoms with Crippen LogP contribution in [0.5, 0.6) is 0 Å². The first kappa shape index (κ1) is 45.6. The second-order valence-corrected chi connectivity index (χ2v) is 16.4. The van der Waals surface area contributed by atoms with Crippen molar-refractivity contribution in [2.75, 3.05) is 0 Å². The summed E-state index contributed by atoms with van der Waals surface area (Å²) in [5.74, 6) is 0. The van der Waals surface area contributed by atoms with Crippen molar-refractivity contribution >= 4 is 11.4 Å². The van der Waals surface area contributed by atoms with E-state index in [2.05, 4.69) is 88.4 Å². The predicted octanol–water partition coefficient (Wildman–Crippen LogP) is 17.5. The average molecular weight is 735 g/mol. The Morgan fingerprint density at radius 3 is 1.54 bits per heavy atom. The van der Waals surface area contributed by atoms with Crippen molar-refractivity contribution in [2.45, 2.75) is 220 Å². The topological polar surface area (TPSA) is 25.3 Å². The van der Waals surface area contributed by atoms with Crippen molar-refractivity contribution in [2.24, 2.45) is 0 Å². The average Bonchev–Trinajstić information content (AvgIpc) is 3.47. The van der Waals surface area contributed by atoms with Crippen LogP contribution in [0.3, 0.4) is 0 Å². The van der Waals surface area contributed by atoms with Crippen LogP contribution in [0.2, 0.25) is 0 Å². The minimum atomic E-state index is 0.997. The molecule has 0 unspecified atom stereocenters. The molecule has 1 aliphatic heterocycles. The zero-order valence-electron chi connectivity index (χ0n) is 35.9. The van der Waals surface area contributed by atoms with E-state index in [1.165, 1.54) is 163 Å². The highest BCUT2D eigenvalue weighted by Gasteiger charge is 2.36. The molecule has 0 bridgehead atoms. The molecule has 0 aliphatic carbocycles. The Morgan fingerprint density at radius 2 is 0.944 bits per heavy atom. The molecule has 0 saturated carbocycles. The lowest BCUT2D eigenvalue weighted by Gasteiger charge is -2.13. The number of unbranched alkanes of at least 4 members (excludes halogenated alkanes) is 21. The molecule has 0 radical (unpaired) electrons. The summed E-state index contributed by atoms with van der Waals surface area (Å²) in [6, 6.07) is 17.9. The van der Waals surface area contributed by atoms with Crippen LogP contribution >= 0.6 is 0 Å². The minimum absolute atomic E-state index is 0.997. The molecule has 54 heavy (non-hydrogen) atoms. The first-order valence-corrected chi connectivity index (χ1v) is 23.4. The molecule has 0 N–H and O–H groups in total. The van der Waals surface area contributed by atoms with Crippen LogP contribution in [-0.2, 0) is 12.8 Å². The molecule has 0 spiro atoms. The summed E-state index contributed by atoms with van der Waals surface area (Å²) in [7, 11) is 0. The maximum Gasteiger partial charge on any atom is 0.211 e. The van der Waals surface area contributed by atoms with Gasteiger partial charge in [-0.3, -0.25) is 0 Å². The van der Waals surface area contributed by atoms with Gasteiger partial charge in [0.2, 0.25) is 11.4 Å². The van der Waals surface area contributed by atoms with E-state index in [1.54, 1.807) is 4.70 Å². The maximum absolute atomic E-state index is 12.2. The fourth-order valence-corrected chi connectivity index (χ4v) is 8.36. The van der Waals surface area contributed by atoms with Gasteiger partial charge in [-0.15, -0.1) is 0 Å².